The molecule has 0 spiro atoms. The van der Waals surface area contributed by atoms with Gasteiger partial charge in [0, 0.05) is 51.8 Å². The number of aryl methyl sites for hydroxylation is 2. The maximum Gasteiger partial charge on any atom is 0.303 e. The molecular weight excluding hydrogens is 570 g/mol. The van der Waals surface area contributed by atoms with Crippen LogP contribution in [0.3, 0.4) is 0 Å². The molecule has 2 aromatic rings. The average Bonchev–Trinajstić information content (AvgIpc) is 2.87. The highest BCUT2D eigenvalue weighted by Gasteiger charge is 2.53. The minimum Gasteiger partial charge on any atom is -0.475 e. The molecule has 0 radical (unpaired) electrons. The number of carbonyl (C=O) groups excluding carboxylic acids is 4. The molecule has 12 nitrogen and oxygen atoms in total. The van der Waals surface area contributed by atoms with Gasteiger partial charge < -0.3 is 23.7 Å². The van der Waals surface area contributed by atoms with Crippen molar-refractivity contribution >= 4 is 41.3 Å². The second-order valence-electron chi connectivity index (χ2n) is 9.84. The molecule has 0 N–H and O–H groups in total. The number of non-ortho nitro benzene ring substituents is 1. The summed E-state index contributed by atoms with van der Waals surface area (Å²) in [4.78, 5) is 58.6. The van der Waals surface area contributed by atoms with Crippen molar-refractivity contribution in [2.45, 2.75) is 77.0 Å². The standard InChI is InChI=1S/C29H33NO11S/c1-15-11-16(2)23(13-21-7-9-22(10-8-21)30(35)36)24(12-15)41-29-28(40-20(6)34)27(39-19(5)33)26(38-18(4)32)25(42-29)14-37-17(3)31/h7-12,25-29H,13-14H2,1-6H3/t25-,26-,27+,28-,29-/m1/s1. The maximum atomic E-state index is 12.2. The number of hydrogen-bond donors (Lipinski definition) is 0. The van der Waals surface area contributed by atoms with Crippen LogP contribution in [0.25, 0.3) is 0 Å². The van der Waals surface area contributed by atoms with Gasteiger partial charge in [0.1, 0.15) is 12.4 Å². The van der Waals surface area contributed by atoms with Gasteiger partial charge in [-0.2, -0.15) is 0 Å². The van der Waals surface area contributed by atoms with E-state index in [0.717, 1.165) is 34.0 Å². The molecule has 42 heavy (non-hydrogen) atoms. The van der Waals surface area contributed by atoms with Crippen LogP contribution in [0.15, 0.2) is 36.4 Å². The van der Waals surface area contributed by atoms with E-state index in [9.17, 15) is 29.3 Å². The summed E-state index contributed by atoms with van der Waals surface area (Å²) in [6, 6.07) is 9.94. The molecule has 226 valence electrons. The van der Waals surface area contributed by atoms with Crippen molar-refractivity contribution in [1.82, 2.24) is 0 Å². The van der Waals surface area contributed by atoms with Crippen molar-refractivity contribution in [3.8, 4) is 5.75 Å². The number of rotatable bonds is 10. The van der Waals surface area contributed by atoms with Gasteiger partial charge in [-0.15, -0.1) is 11.8 Å². The second kappa shape index (κ2) is 14.2. The molecule has 0 aliphatic carbocycles. The molecule has 0 saturated carbocycles. The smallest absolute Gasteiger partial charge is 0.303 e. The first-order chi connectivity index (χ1) is 19.7. The van der Waals surface area contributed by atoms with Gasteiger partial charge in [-0.1, -0.05) is 18.2 Å². The topological polar surface area (TPSA) is 158 Å². The van der Waals surface area contributed by atoms with Gasteiger partial charge in [0.15, 0.2) is 23.7 Å². The fourth-order valence-corrected chi connectivity index (χ4v) is 6.02. The Morgan fingerprint density at radius 2 is 1.40 bits per heavy atom. The Morgan fingerprint density at radius 3 is 1.95 bits per heavy atom. The normalized spacial score (nSPS) is 21.5. The van der Waals surface area contributed by atoms with Crippen LogP contribution in [0.2, 0.25) is 0 Å². The second-order valence-corrected chi connectivity index (χ2v) is 11.2. The average molecular weight is 604 g/mol. The Labute approximate surface area is 247 Å². The number of thioether (sulfide) groups is 1. The number of nitro groups is 1. The van der Waals surface area contributed by atoms with E-state index in [4.69, 9.17) is 23.7 Å². The summed E-state index contributed by atoms with van der Waals surface area (Å²) >= 11 is 1.11. The lowest BCUT2D eigenvalue weighted by Crippen LogP contribution is -2.59. The van der Waals surface area contributed by atoms with Crippen LogP contribution in [0, 0.1) is 24.0 Å². The third-order valence-corrected chi connectivity index (χ3v) is 7.68. The van der Waals surface area contributed by atoms with Crippen LogP contribution in [0.1, 0.15) is 49.9 Å². The molecule has 1 heterocycles. The zero-order valence-electron chi connectivity index (χ0n) is 24.1. The van der Waals surface area contributed by atoms with Gasteiger partial charge in [-0.05, 0) is 36.6 Å². The van der Waals surface area contributed by atoms with E-state index in [1.165, 1.54) is 39.8 Å². The molecule has 1 saturated heterocycles. The number of nitro benzene ring substituents is 1. The summed E-state index contributed by atoms with van der Waals surface area (Å²) in [5.41, 5.74) is 2.33. The van der Waals surface area contributed by atoms with Crippen molar-refractivity contribution in [2.75, 3.05) is 6.61 Å². The molecule has 1 fully saturated rings. The third-order valence-electron chi connectivity index (χ3n) is 6.30. The first-order valence-corrected chi connectivity index (χ1v) is 14.0. The Kier molecular flexibility index (Phi) is 10.9. The van der Waals surface area contributed by atoms with Crippen molar-refractivity contribution in [1.29, 1.82) is 0 Å². The fourth-order valence-electron chi connectivity index (χ4n) is 4.64. The number of ether oxygens (including phenoxy) is 5. The highest BCUT2D eigenvalue weighted by molar-refractivity contribution is 8.00. The van der Waals surface area contributed by atoms with Crippen molar-refractivity contribution < 1.29 is 47.8 Å². The van der Waals surface area contributed by atoms with Crippen molar-refractivity contribution in [2.24, 2.45) is 0 Å². The van der Waals surface area contributed by atoms with Crippen LogP contribution in [-0.2, 0) is 44.5 Å². The molecule has 13 heteroatoms. The SMILES string of the molecule is CC(=O)OC[C@H]1S[C@@H](Oc2cc(C)cc(C)c2Cc2ccc([N+](=O)[O-])cc2)[C@H](OC(C)=O)[C@@H](OC(C)=O)[C@@H]1OC(C)=O. The third kappa shape index (κ3) is 8.68. The van der Waals surface area contributed by atoms with E-state index < -0.39 is 57.8 Å². The Hall–Kier alpha value is -4.13. The minimum atomic E-state index is -1.27. The summed E-state index contributed by atoms with van der Waals surface area (Å²) in [5, 5.41) is 10.3. The first-order valence-electron chi connectivity index (χ1n) is 13.1. The quantitative estimate of drug-likeness (QED) is 0.167. The van der Waals surface area contributed by atoms with E-state index in [1.807, 2.05) is 19.9 Å². The van der Waals surface area contributed by atoms with Crippen LogP contribution >= 0.6 is 11.8 Å². The number of hydrogen-bond acceptors (Lipinski definition) is 12. The Balaban J connectivity index is 2.06. The van der Waals surface area contributed by atoms with E-state index in [1.54, 1.807) is 18.2 Å². The molecule has 1 aliphatic heterocycles. The van der Waals surface area contributed by atoms with Crippen LogP contribution in [0.5, 0.6) is 5.75 Å². The highest BCUT2D eigenvalue weighted by atomic mass is 32.2. The van der Waals surface area contributed by atoms with Gasteiger partial charge in [0.25, 0.3) is 5.69 Å². The molecule has 0 aromatic heterocycles. The van der Waals surface area contributed by atoms with Crippen LogP contribution in [0.4, 0.5) is 5.69 Å². The minimum absolute atomic E-state index is 0.0312. The number of nitrogens with zero attached hydrogens (tertiary/aromatic N) is 1. The summed E-state index contributed by atoms with van der Waals surface area (Å²) in [7, 11) is 0. The Morgan fingerprint density at radius 1 is 0.833 bits per heavy atom. The molecule has 2 aromatic carbocycles. The van der Waals surface area contributed by atoms with Crippen LogP contribution in [-0.4, -0.2) is 64.4 Å². The number of carbonyl (C=O) groups is 4. The van der Waals surface area contributed by atoms with Crippen molar-refractivity contribution in [3.05, 3.63) is 68.8 Å². The van der Waals surface area contributed by atoms with Gasteiger partial charge in [0.05, 0.1) is 10.2 Å². The lowest BCUT2D eigenvalue weighted by molar-refractivity contribution is -0.384. The summed E-state index contributed by atoms with van der Waals surface area (Å²) < 4.78 is 28.4. The summed E-state index contributed by atoms with van der Waals surface area (Å²) in [5.74, 6) is -2.19. The molecule has 1 aliphatic rings. The number of esters is 4. The first kappa shape index (κ1) is 32.4. The molecule has 0 amide bonds. The zero-order chi connectivity index (χ0) is 31.1. The molecule has 3 rings (SSSR count). The molecule has 5 atom stereocenters. The predicted molar refractivity (Wildman–Crippen MR) is 151 cm³/mol. The van der Waals surface area contributed by atoms with E-state index >= 15 is 0 Å². The van der Waals surface area contributed by atoms with Gasteiger partial charge in [-0.25, -0.2) is 0 Å². The van der Waals surface area contributed by atoms with Gasteiger partial charge >= 0.3 is 23.9 Å². The maximum absolute atomic E-state index is 12.2. The zero-order valence-corrected chi connectivity index (χ0v) is 24.9. The lowest BCUT2D eigenvalue weighted by atomic mass is 9.97. The Bertz CT molecular complexity index is 1340. The molecule has 0 unspecified atom stereocenters. The fraction of sp³-hybridized carbons (Fsp3) is 0.448. The molecular formula is C29H33NO11S. The summed E-state index contributed by atoms with van der Waals surface area (Å²) in [6.07, 6.45) is -3.23. The number of benzene rings is 2. The van der Waals surface area contributed by atoms with E-state index in [0.29, 0.717) is 12.2 Å². The monoisotopic (exact) mass is 603 g/mol. The van der Waals surface area contributed by atoms with Crippen LogP contribution < -0.4 is 4.74 Å². The lowest BCUT2D eigenvalue weighted by Gasteiger charge is -2.43. The predicted octanol–water partition coefficient (Wildman–Crippen LogP) is 3.98. The van der Waals surface area contributed by atoms with Gasteiger partial charge in [0.2, 0.25) is 0 Å². The summed E-state index contributed by atoms with van der Waals surface area (Å²) in [6.45, 7) is 8.35. The molecule has 0 bridgehead atoms. The largest absolute Gasteiger partial charge is 0.475 e. The van der Waals surface area contributed by atoms with E-state index in [-0.39, 0.29) is 12.3 Å². The highest BCUT2D eigenvalue weighted by Crippen LogP contribution is 2.40. The van der Waals surface area contributed by atoms with Crippen molar-refractivity contribution in [3.63, 3.8) is 0 Å². The van der Waals surface area contributed by atoms with E-state index in [2.05, 4.69) is 0 Å². The van der Waals surface area contributed by atoms with Gasteiger partial charge in [-0.3, -0.25) is 29.3 Å².